The van der Waals surface area contributed by atoms with Crippen LogP contribution in [0, 0.1) is 4.77 Å². The minimum atomic E-state index is 0.357. The number of hydrogen-bond donors (Lipinski definition) is 1. The molecule has 0 atom stereocenters. The molecule has 19 heavy (non-hydrogen) atoms. The van der Waals surface area contributed by atoms with E-state index in [0.717, 1.165) is 28.1 Å². The van der Waals surface area contributed by atoms with Gasteiger partial charge in [-0.15, -0.1) is 0 Å². The molecule has 0 saturated heterocycles. The summed E-state index contributed by atoms with van der Waals surface area (Å²) in [6.45, 7) is 7.17. The molecule has 0 radical (unpaired) electrons. The molecular formula is C12H19N5S2. The zero-order valence-corrected chi connectivity index (χ0v) is 13.5. The second-order valence-corrected chi connectivity index (χ2v) is 6.22. The maximum atomic E-state index is 5.26. The first kappa shape index (κ1) is 14.2. The van der Waals surface area contributed by atoms with Gasteiger partial charge >= 0.3 is 0 Å². The second-order valence-electron chi connectivity index (χ2n) is 4.86. The lowest BCUT2D eigenvalue weighted by atomic mass is 10.1. The Labute approximate surface area is 122 Å². The number of H-pyrrole nitrogens is 1. The van der Waals surface area contributed by atoms with Gasteiger partial charge in [-0.3, -0.25) is 9.67 Å². The van der Waals surface area contributed by atoms with E-state index >= 15 is 0 Å². The minimum absolute atomic E-state index is 0.357. The Morgan fingerprint density at radius 3 is 2.63 bits per heavy atom. The number of aromatic amines is 1. The van der Waals surface area contributed by atoms with Gasteiger partial charge in [-0.1, -0.05) is 25.2 Å². The summed E-state index contributed by atoms with van der Waals surface area (Å²) in [7, 11) is 4.01. The minimum Gasteiger partial charge on any atom is -0.354 e. The van der Waals surface area contributed by atoms with Crippen LogP contribution >= 0.6 is 23.6 Å². The molecule has 2 aromatic heterocycles. The number of nitrogens with zero attached hydrogens (tertiary/aromatic N) is 4. The molecule has 0 bridgehead atoms. The van der Waals surface area contributed by atoms with Gasteiger partial charge in [0, 0.05) is 20.6 Å². The summed E-state index contributed by atoms with van der Waals surface area (Å²) < 4.78 is 2.67. The molecule has 5 nitrogen and oxygen atoms in total. The van der Waals surface area contributed by atoms with E-state index in [1.165, 1.54) is 0 Å². The Balaban J connectivity index is 2.63. The van der Waals surface area contributed by atoms with Gasteiger partial charge in [0.2, 0.25) is 0 Å². The number of rotatable bonds is 4. The first-order valence-corrected chi connectivity index (χ1v) is 7.51. The summed E-state index contributed by atoms with van der Waals surface area (Å²) in [5.74, 6) is 1.25. The number of thiazole rings is 1. The number of aromatic nitrogens is 4. The fourth-order valence-electron chi connectivity index (χ4n) is 1.85. The summed E-state index contributed by atoms with van der Waals surface area (Å²) in [6, 6.07) is 0. The van der Waals surface area contributed by atoms with Crippen LogP contribution in [0.15, 0.2) is 0 Å². The van der Waals surface area contributed by atoms with Gasteiger partial charge in [-0.05, 0) is 25.1 Å². The van der Waals surface area contributed by atoms with Crippen molar-refractivity contribution in [3.8, 4) is 10.7 Å². The van der Waals surface area contributed by atoms with Crippen molar-refractivity contribution in [1.82, 2.24) is 19.7 Å². The lowest BCUT2D eigenvalue weighted by Gasteiger charge is -2.06. The second kappa shape index (κ2) is 5.42. The molecule has 2 rings (SSSR count). The zero-order chi connectivity index (χ0) is 14.2. The Morgan fingerprint density at radius 1 is 1.42 bits per heavy atom. The predicted octanol–water partition coefficient (Wildman–Crippen LogP) is 3.27. The normalized spacial score (nSPS) is 11.3. The fourth-order valence-corrected chi connectivity index (χ4v) is 3.25. The Morgan fingerprint density at radius 2 is 2.11 bits per heavy atom. The largest absolute Gasteiger partial charge is 0.354 e. The fraction of sp³-hybridized carbons (Fsp3) is 0.583. The van der Waals surface area contributed by atoms with Gasteiger partial charge < -0.3 is 4.90 Å². The Hall–Kier alpha value is -1.21. The highest BCUT2D eigenvalue weighted by atomic mass is 32.1. The topological polar surface area (TPSA) is 49.7 Å². The van der Waals surface area contributed by atoms with Crippen LogP contribution in [0.5, 0.6) is 0 Å². The third-order valence-electron chi connectivity index (χ3n) is 2.85. The van der Waals surface area contributed by atoms with Crippen LogP contribution in [0.3, 0.4) is 0 Å². The van der Waals surface area contributed by atoms with Gasteiger partial charge in [0.25, 0.3) is 0 Å². The lowest BCUT2D eigenvalue weighted by molar-refractivity contribution is 0.752. The summed E-state index contributed by atoms with van der Waals surface area (Å²) in [5, 5.41) is 8.24. The van der Waals surface area contributed by atoms with Gasteiger partial charge in [0.1, 0.15) is 0 Å². The molecule has 0 unspecified atom stereocenters. The van der Waals surface area contributed by atoms with Crippen molar-refractivity contribution >= 4 is 28.7 Å². The molecule has 2 heterocycles. The molecule has 0 amide bonds. The van der Waals surface area contributed by atoms with Crippen LogP contribution in [0.2, 0.25) is 0 Å². The SMILES string of the molecule is CCn1c(-c2sc(N(C)C)nc2C(C)C)n[nH]c1=S. The monoisotopic (exact) mass is 297 g/mol. The third kappa shape index (κ3) is 2.57. The third-order valence-corrected chi connectivity index (χ3v) is 4.40. The van der Waals surface area contributed by atoms with Crippen LogP contribution in [0.25, 0.3) is 10.7 Å². The van der Waals surface area contributed by atoms with E-state index in [0.29, 0.717) is 10.7 Å². The van der Waals surface area contributed by atoms with Crippen molar-refractivity contribution in [1.29, 1.82) is 0 Å². The average molecular weight is 297 g/mol. The summed E-state index contributed by atoms with van der Waals surface area (Å²) in [6.07, 6.45) is 0. The van der Waals surface area contributed by atoms with Crippen LogP contribution < -0.4 is 4.90 Å². The molecule has 0 fully saturated rings. The maximum absolute atomic E-state index is 5.26. The van der Waals surface area contributed by atoms with Crippen LogP contribution in [0.1, 0.15) is 32.4 Å². The maximum Gasteiger partial charge on any atom is 0.195 e. The molecule has 0 saturated carbocycles. The van der Waals surface area contributed by atoms with Gasteiger partial charge in [0.15, 0.2) is 15.7 Å². The standard InChI is InChI=1S/C12H19N5S2/c1-6-17-10(14-15-11(17)18)9-8(7(2)3)13-12(19-9)16(4)5/h7H,6H2,1-5H3,(H,15,18). The van der Waals surface area contributed by atoms with Crippen molar-refractivity contribution < 1.29 is 0 Å². The quantitative estimate of drug-likeness (QED) is 0.880. The van der Waals surface area contributed by atoms with Gasteiger partial charge in [-0.2, -0.15) is 5.10 Å². The Kier molecular flexibility index (Phi) is 4.05. The predicted molar refractivity (Wildman–Crippen MR) is 82.6 cm³/mol. The summed E-state index contributed by atoms with van der Waals surface area (Å²) >= 11 is 6.92. The molecule has 0 aliphatic carbocycles. The van der Waals surface area contributed by atoms with Crippen molar-refractivity contribution in [2.45, 2.75) is 33.2 Å². The van der Waals surface area contributed by atoms with Gasteiger partial charge in [-0.25, -0.2) is 4.98 Å². The molecule has 2 aromatic rings. The van der Waals surface area contributed by atoms with E-state index in [1.54, 1.807) is 11.3 Å². The van der Waals surface area contributed by atoms with E-state index in [9.17, 15) is 0 Å². The van der Waals surface area contributed by atoms with Crippen molar-refractivity contribution in [2.75, 3.05) is 19.0 Å². The highest BCUT2D eigenvalue weighted by Crippen LogP contribution is 2.36. The summed E-state index contributed by atoms with van der Waals surface area (Å²) in [4.78, 5) is 7.84. The molecule has 0 spiro atoms. The molecule has 7 heteroatoms. The smallest absolute Gasteiger partial charge is 0.195 e. The van der Waals surface area contributed by atoms with Crippen molar-refractivity contribution in [3.05, 3.63) is 10.5 Å². The number of nitrogens with one attached hydrogen (secondary N) is 1. The molecule has 104 valence electrons. The first-order chi connectivity index (χ1) is 8.95. The van der Waals surface area contributed by atoms with Crippen molar-refractivity contribution in [3.63, 3.8) is 0 Å². The van der Waals surface area contributed by atoms with Crippen LogP contribution in [-0.2, 0) is 6.54 Å². The van der Waals surface area contributed by atoms with E-state index in [4.69, 9.17) is 17.2 Å². The van der Waals surface area contributed by atoms with Crippen LogP contribution in [-0.4, -0.2) is 33.8 Å². The highest BCUT2D eigenvalue weighted by molar-refractivity contribution is 7.71. The van der Waals surface area contributed by atoms with E-state index in [1.807, 2.05) is 23.6 Å². The number of anilines is 1. The molecule has 0 aromatic carbocycles. The van der Waals surface area contributed by atoms with Crippen LogP contribution in [0.4, 0.5) is 5.13 Å². The Bertz CT molecular complexity index is 620. The molecular weight excluding hydrogens is 278 g/mol. The zero-order valence-electron chi connectivity index (χ0n) is 11.9. The van der Waals surface area contributed by atoms with E-state index in [-0.39, 0.29) is 0 Å². The highest BCUT2D eigenvalue weighted by Gasteiger charge is 2.20. The van der Waals surface area contributed by atoms with Gasteiger partial charge in [0.05, 0.1) is 10.6 Å². The summed E-state index contributed by atoms with van der Waals surface area (Å²) in [5.41, 5.74) is 1.08. The average Bonchev–Trinajstić information content (AvgIpc) is 2.91. The number of hydrogen-bond acceptors (Lipinski definition) is 5. The van der Waals surface area contributed by atoms with Crippen molar-refractivity contribution in [2.24, 2.45) is 0 Å². The van der Waals surface area contributed by atoms with E-state index < -0.39 is 0 Å². The molecule has 0 aliphatic heterocycles. The molecule has 0 aliphatic rings. The first-order valence-electron chi connectivity index (χ1n) is 6.29. The molecule has 1 N–H and O–H groups in total. The van der Waals surface area contributed by atoms with E-state index in [2.05, 4.69) is 31.0 Å². The lowest BCUT2D eigenvalue weighted by Crippen LogP contribution is -2.08.